The number of amides is 1. The maximum Gasteiger partial charge on any atom is 0.228 e. The molecule has 0 aromatic heterocycles. The topological polar surface area (TPSA) is 49.6 Å². The van der Waals surface area contributed by atoms with Gasteiger partial charge >= 0.3 is 0 Å². The number of rotatable bonds is 2. The molecule has 1 amide bonds. The van der Waals surface area contributed by atoms with E-state index in [1.54, 1.807) is 0 Å². The molecule has 1 aromatic carbocycles. The average Bonchev–Trinajstić information content (AvgIpc) is 2.38. The van der Waals surface area contributed by atoms with Crippen LogP contribution in [0.3, 0.4) is 0 Å². The molecule has 4 heteroatoms. The Kier molecular flexibility index (Phi) is 4.33. The van der Waals surface area contributed by atoms with Crippen LogP contribution in [0.4, 0.5) is 5.69 Å². The number of carbonyl (C=O) groups excluding carboxylic acids is 1. The highest BCUT2D eigenvalue weighted by atomic mass is 16.2. The van der Waals surface area contributed by atoms with Gasteiger partial charge in [-0.3, -0.25) is 9.69 Å². The summed E-state index contributed by atoms with van der Waals surface area (Å²) < 4.78 is 0. The van der Waals surface area contributed by atoms with Crippen LogP contribution in [0.2, 0.25) is 0 Å². The smallest absolute Gasteiger partial charge is 0.228 e. The molecule has 110 valence electrons. The van der Waals surface area contributed by atoms with Crippen molar-refractivity contribution in [3.05, 3.63) is 29.8 Å². The minimum absolute atomic E-state index is 0.251. The SMILES string of the molecule is CC(C)(C)C(=O)N1CCN(Cc2cccc(N)c2)CC1. The molecule has 1 aliphatic heterocycles. The second-order valence-corrected chi connectivity index (χ2v) is 6.56. The minimum Gasteiger partial charge on any atom is -0.399 e. The Hall–Kier alpha value is -1.55. The monoisotopic (exact) mass is 275 g/mol. The van der Waals surface area contributed by atoms with Crippen LogP contribution < -0.4 is 5.73 Å². The third-order valence-corrected chi connectivity index (χ3v) is 3.66. The van der Waals surface area contributed by atoms with E-state index in [4.69, 9.17) is 5.73 Å². The van der Waals surface area contributed by atoms with Crippen molar-refractivity contribution in [2.75, 3.05) is 31.9 Å². The van der Waals surface area contributed by atoms with Crippen LogP contribution in [0.5, 0.6) is 0 Å². The number of anilines is 1. The molecule has 2 N–H and O–H groups in total. The van der Waals surface area contributed by atoms with Gasteiger partial charge in [0.15, 0.2) is 0 Å². The minimum atomic E-state index is -0.282. The maximum atomic E-state index is 12.2. The van der Waals surface area contributed by atoms with Gasteiger partial charge < -0.3 is 10.6 Å². The van der Waals surface area contributed by atoms with E-state index in [-0.39, 0.29) is 11.3 Å². The van der Waals surface area contributed by atoms with Crippen molar-refractivity contribution < 1.29 is 4.79 Å². The third-order valence-electron chi connectivity index (χ3n) is 3.66. The molecular weight excluding hydrogens is 250 g/mol. The van der Waals surface area contributed by atoms with Gasteiger partial charge in [-0.05, 0) is 17.7 Å². The molecule has 0 unspecified atom stereocenters. The Balaban J connectivity index is 1.87. The zero-order chi connectivity index (χ0) is 14.8. The highest BCUT2D eigenvalue weighted by Gasteiger charge is 2.29. The fourth-order valence-electron chi connectivity index (χ4n) is 2.53. The molecule has 1 aromatic rings. The van der Waals surface area contributed by atoms with Crippen molar-refractivity contribution in [2.24, 2.45) is 5.41 Å². The quantitative estimate of drug-likeness (QED) is 0.839. The van der Waals surface area contributed by atoms with E-state index in [0.717, 1.165) is 38.4 Å². The summed E-state index contributed by atoms with van der Waals surface area (Å²) in [5.41, 5.74) is 7.57. The first-order valence-electron chi connectivity index (χ1n) is 7.22. The van der Waals surface area contributed by atoms with Crippen molar-refractivity contribution in [3.63, 3.8) is 0 Å². The summed E-state index contributed by atoms with van der Waals surface area (Å²) in [7, 11) is 0. The number of nitrogens with zero attached hydrogens (tertiary/aromatic N) is 2. The largest absolute Gasteiger partial charge is 0.399 e. The first-order valence-corrected chi connectivity index (χ1v) is 7.22. The number of carbonyl (C=O) groups is 1. The lowest BCUT2D eigenvalue weighted by Gasteiger charge is -2.37. The Labute approximate surface area is 121 Å². The van der Waals surface area contributed by atoms with Gasteiger partial charge in [0.25, 0.3) is 0 Å². The van der Waals surface area contributed by atoms with E-state index >= 15 is 0 Å². The van der Waals surface area contributed by atoms with Crippen LogP contribution in [0.15, 0.2) is 24.3 Å². The second-order valence-electron chi connectivity index (χ2n) is 6.56. The Morgan fingerprint density at radius 2 is 1.85 bits per heavy atom. The number of hydrogen-bond donors (Lipinski definition) is 1. The third kappa shape index (κ3) is 3.73. The molecule has 0 saturated carbocycles. The molecule has 20 heavy (non-hydrogen) atoms. The van der Waals surface area contributed by atoms with Gasteiger partial charge in [-0.1, -0.05) is 32.9 Å². The number of hydrogen-bond acceptors (Lipinski definition) is 3. The fraction of sp³-hybridized carbons (Fsp3) is 0.562. The van der Waals surface area contributed by atoms with E-state index < -0.39 is 0 Å². The highest BCUT2D eigenvalue weighted by Crippen LogP contribution is 2.19. The summed E-state index contributed by atoms with van der Waals surface area (Å²) in [4.78, 5) is 16.6. The van der Waals surface area contributed by atoms with Gasteiger partial charge in [-0.2, -0.15) is 0 Å². The molecule has 0 bridgehead atoms. The number of piperazine rings is 1. The van der Waals surface area contributed by atoms with Crippen LogP contribution in [0.25, 0.3) is 0 Å². The van der Waals surface area contributed by atoms with Gasteiger partial charge in [0.2, 0.25) is 5.91 Å². The van der Waals surface area contributed by atoms with Crippen LogP contribution in [0, 0.1) is 5.41 Å². The number of benzene rings is 1. The number of nitrogen functional groups attached to an aromatic ring is 1. The standard InChI is InChI=1S/C16H25N3O/c1-16(2,3)15(20)19-9-7-18(8-10-19)12-13-5-4-6-14(17)11-13/h4-6,11H,7-10,12,17H2,1-3H3. The Morgan fingerprint density at radius 3 is 2.40 bits per heavy atom. The van der Waals surface area contributed by atoms with Crippen LogP contribution >= 0.6 is 0 Å². The molecule has 0 aliphatic carbocycles. The summed E-state index contributed by atoms with van der Waals surface area (Å²) in [6.07, 6.45) is 0. The van der Waals surface area contributed by atoms with Gasteiger partial charge in [-0.15, -0.1) is 0 Å². The van der Waals surface area contributed by atoms with E-state index in [2.05, 4.69) is 11.0 Å². The molecule has 1 heterocycles. The summed E-state index contributed by atoms with van der Waals surface area (Å²) >= 11 is 0. The van der Waals surface area contributed by atoms with Gasteiger partial charge in [0.1, 0.15) is 0 Å². The van der Waals surface area contributed by atoms with Crippen molar-refractivity contribution in [1.82, 2.24) is 9.80 Å². The Bertz CT molecular complexity index is 471. The first-order chi connectivity index (χ1) is 9.36. The summed E-state index contributed by atoms with van der Waals surface area (Å²) in [6, 6.07) is 8.02. The van der Waals surface area contributed by atoms with Crippen molar-refractivity contribution in [1.29, 1.82) is 0 Å². The average molecular weight is 275 g/mol. The molecule has 4 nitrogen and oxygen atoms in total. The highest BCUT2D eigenvalue weighted by molar-refractivity contribution is 5.81. The van der Waals surface area contributed by atoms with E-state index in [0.29, 0.717) is 0 Å². The Morgan fingerprint density at radius 1 is 1.20 bits per heavy atom. The molecule has 1 aliphatic rings. The molecule has 0 atom stereocenters. The zero-order valence-corrected chi connectivity index (χ0v) is 12.7. The molecule has 1 saturated heterocycles. The van der Waals surface area contributed by atoms with Gasteiger partial charge in [0.05, 0.1) is 0 Å². The first kappa shape index (κ1) is 14.9. The van der Waals surface area contributed by atoms with E-state index in [9.17, 15) is 4.79 Å². The van der Waals surface area contributed by atoms with Crippen LogP contribution in [0.1, 0.15) is 26.3 Å². The molecular formula is C16H25N3O. The molecule has 2 rings (SSSR count). The van der Waals surface area contributed by atoms with Gasteiger partial charge in [-0.25, -0.2) is 0 Å². The van der Waals surface area contributed by atoms with E-state index in [1.165, 1.54) is 5.56 Å². The maximum absolute atomic E-state index is 12.2. The van der Waals surface area contributed by atoms with Crippen molar-refractivity contribution >= 4 is 11.6 Å². The lowest BCUT2D eigenvalue weighted by atomic mass is 9.94. The molecule has 0 spiro atoms. The summed E-state index contributed by atoms with van der Waals surface area (Å²) in [5.74, 6) is 0.251. The normalized spacial score (nSPS) is 17.2. The van der Waals surface area contributed by atoms with Crippen LogP contribution in [-0.2, 0) is 11.3 Å². The fourth-order valence-corrected chi connectivity index (χ4v) is 2.53. The van der Waals surface area contributed by atoms with Crippen molar-refractivity contribution in [3.8, 4) is 0 Å². The summed E-state index contributed by atoms with van der Waals surface area (Å²) in [5, 5.41) is 0. The summed E-state index contributed by atoms with van der Waals surface area (Å²) in [6.45, 7) is 10.3. The molecule has 1 fully saturated rings. The zero-order valence-electron chi connectivity index (χ0n) is 12.7. The lowest BCUT2D eigenvalue weighted by Crippen LogP contribution is -2.51. The second kappa shape index (κ2) is 5.83. The van der Waals surface area contributed by atoms with E-state index in [1.807, 2.05) is 43.9 Å². The lowest BCUT2D eigenvalue weighted by molar-refractivity contribution is -0.141. The predicted molar refractivity (Wildman–Crippen MR) is 82.2 cm³/mol. The molecule has 0 radical (unpaired) electrons. The number of nitrogens with two attached hydrogens (primary N) is 1. The van der Waals surface area contributed by atoms with Crippen molar-refractivity contribution in [2.45, 2.75) is 27.3 Å². The van der Waals surface area contributed by atoms with Crippen LogP contribution in [-0.4, -0.2) is 41.9 Å². The van der Waals surface area contributed by atoms with Gasteiger partial charge in [0, 0.05) is 43.8 Å². The predicted octanol–water partition coefficient (Wildman–Crippen LogP) is 1.96.